The van der Waals surface area contributed by atoms with Crippen molar-refractivity contribution in [1.82, 2.24) is 5.32 Å². The van der Waals surface area contributed by atoms with Gasteiger partial charge in [-0.3, -0.25) is 0 Å². The van der Waals surface area contributed by atoms with E-state index in [9.17, 15) is 4.79 Å². The largest absolute Gasteiger partial charge is 0.445 e. The summed E-state index contributed by atoms with van der Waals surface area (Å²) in [7, 11) is 0. The molecule has 18 heavy (non-hydrogen) atoms. The fraction of sp³-hybridized carbons (Fsp3) is 0.273. The topological polar surface area (TPSA) is 117 Å². The number of aliphatic hydroxyl groups is 1. The number of oxime groups is 1. The minimum atomic E-state index is -0.593. The number of carbonyl (C=O) groups is 1. The summed E-state index contributed by atoms with van der Waals surface area (Å²) in [5.41, 5.74) is 6.74. The minimum Gasteiger partial charge on any atom is -0.445 e. The number of ether oxygens (including phenoxy) is 1. The number of nitrogens with one attached hydrogen (secondary N) is 1. The molecule has 1 aromatic carbocycles. The van der Waals surface area contributed by atoms with Crippen LogP contribution in [0.4, 0.5) is 4.79 Å². The third kappa shape index (κ3) is 4.30. The highest BCUT2D eigenvalue weighted by atomic mass is 16.5. The molecular weight excluding hydrogens is 238 g/mol. The number of nitrogens with two attached hydrogens (primary N) is 1. The van der Waals surface area contributed by atoms with E-state index in [1.165, 1.54) is 0 Å². The Hall–Kier alpha value is -2.28. The molecule has 0 radical (unpaired) electrons. The van der Waals surface area contributed by atoms with E-state index in [1.54, 1.807) is 24.3 Å². The molecule has 1 amide bonds. The Morgan fingerprint density at radius 2 is 2.06 bits per heavy atom. The maximum Gasteiger partial charge on any atom is 0.407 e. The van der Waals surface area contributed by atoms with Gasteiger partial charge in [-0.15, -0.1) is 0 Å². The Morgan fingerprint density at radius 3 is 2.61 bits per heavy atom. The van der Waals surface area contributed by atoms with Gasteiger partial charge < -0.3 is 26.1 Å². The van der Waals surface area contributed by atoms with Crippen molar-refractivity contribution in [3.8, 4) is 0 Å². The number of alkyl carbamates (subject to hydrolysis) is 1. The number of hydrogen-bond donors (Lipinski definition) is 4. The fourth-order valence-electron chi connectivity index (χ4n) is 1.19. The van der Waals surface area contributed by atoms with Crippen molar-refractivity contribution in [2.24, 2.45) is 10.9 Å². The van der Waals surface area contributed by atoms with Gasteiger partial charge in [0.15, 0.2) is 5.84 Å². The molecular formula is C11H15N3O4. The molecule has 0 spiro atoms. The molecule has 7 heteroatoms. The summed E-state index contributed by atoms with van der Waals surface area (Å²) in [6, 6.07) is 6.71. The van der Waals surface area contributed by atoms with Gasteiger partial charge in [-0.05, 0) is 5.56 Å². The molecule has 98 valence electrons. The lowest BCUT2D eigenvalue weighted by atomic mass is 10.1. The van der Waals surface area contributed by atoms with Crippen molar-refractivity contribution in [3.63, 3.8) is 0 Å². The van der Waals surface area contributed by atoms with Crippen LogP contribution in [0, 0.1) is 0 Å². The number of rotatable bonds is 5. The van der Waals surface area contributed by atoms with Crippen molar-refractivity contribution in [1.29, 1.82) is 0 Å². The number of hydrogen-bond acceptors (Lipinski definition) is 5. The van der Waals surface area contributed by atoms with E-state index >= 15 is 0 Å². The van der Waals surface area contributed by atoms with Gasteiger partial charge >= 0.3 is 6.09 Å². The van der Waals surface area contributed by atoms with E-state index in [0.29, 0.717) is 5.56 Å². The van der Waals surface area contributed by atoms with Crippen molar-refractivity contribution in [2.45, 2.75) is 6.61 Å². The Bertz CT molecular complexity index is 417. The van der Waals surface area contributed by atoms with Crippen LogP contribution in [-0.2, 0) is 11.3 Å². The van der Waals surface area contributed by atoms with Crippen LogP contribution in [0.2, 0.25) is 0 Å². The van der Waals surface area contributed by atoms with Crippen LogP contribution in [0.3, 0.4) is 0 Å². The Kier molecular flexibility index (Phi) is 5.46. The molecule has 0 aromatic heterocycles. The van der Waals surface area contributed by atoms with E-state index < -0.39 is 6.09 Å². The average Bonchev–Trinajstić information content (AvgIpc) is 2.42. The third-order valence-corrected chi connectivity index (χ3v) is 2.11. The van der Waals surface area contributed by atoms with Crippen LogP contribution in [0.25, 0.3) is 0 Å². The molecule has 1 aromatic rings. The molecule has 5 N–H and O–H groups in total. The van der Waals surface area contributed by atoms with Gasteiger partial charge in [0.2, 0.25) is 0 Å². The number of nitrogens with zero attached hydrogens (tertiary/aromatic N) is 1. The van der Waals surface area contributed by atoms with Crippen LogP contribution >= 0.6 is 0 Å². The molecule has 0 aliphatic rings. The summed E-state index contributed by atoms with van der Waals surface area (Å²) in [4.78, 5) is 11.1. The normalized spacial score (nSPS) is 11.1. The number of carbonyl (C=O) groups excluding carboxylic acids is 1. The highest BCUT2D eigenvalue weighted by Gasteiger charge is 2.03. The minimum absolute atomic E-state index is 0.0168. The van der Waals surface area contributed by atoms with Crippen molar-refractivity contribution >= 4 is 11.9 Å². The molecule has 0 fully saturated rings. The smallest absolute Gasteiger partial charge is 0.407 e. The van der Waals surface area contributed by atoms with Crippen molar-refractivity contribution in [3.05, 3.63) is 35.4 Å². The van der Waals surface area contributed by atoms with E-state index in [-0.39, 0.29) is 25.6 Å². The highest BCUT2D eigenvalue weighted by Crippen LogP contribution is 2.05. The second kappa shape index (κ2) is 7.13. The van der Waals surface area contributed by atoms with E-state index in [2.05, 4.69) is 10.5 Å². The maximum atomic E-state index is 11.1. The van der Waals surface area contributed by atoms with Gasteiger partial charge in [-0.2, -0.15) is 0 Å². The molecule has 7 nitrogen and oxygen atoms in total. The molecule has 1 rings (SSSR count). The number of aliphatic hydroxyl groups excluding tert-OH is 1. The summed E-state index contributed by atoms with van der Waals surface area (Å²) < 4.78 is 4.88. The molecule has 0 bridgehead atoms. The second-order valence-corrected chi connectivity index (χ2v) is 3.41. The maximum absolute atomic E-state index is 11.1. The SMILES string of the molecule is N/C(=N/O)c1ccc(COC(=O)NCCO)cc1. The Labute approximate surface area is 104 Å². The predicted molar refractivity (Wildman–Crippen MR) is 64.2 cm³/mol. The summed E-state index contributed by atoms with van der Waals surface area (Å²) in [6.07, 6.45) is -0.593. The summed E-state index contributed by atoms with van der Waals surface area (Å²) >= 11 is 0. The van der Waals surface area contributed by atoms with E-state index in [0.717, 1.165) is 5.56 Å². The molecule has 0 saturated heterocycles. The predicted octanol–water partition coefficient (Wildman–Crippen LogP) is -0.000400. The van der Waals surface area contributed by atoms with E-state index in [4.69, 9.17) is 20.8 Å². The molecule has 0 heterocycles. The second-order valence-electron chi connectivity index (χ2n) is 3.41. The quantitative estimate of drug-likeness (QED) is 0.255. The fourth-order valence-corrected chi connectivity index (χ4v) is 1.19. The first-order valence-electron chi connectivity index (χ1n) is 5.25. The van der Waals surface area contributed by atoms with Gasteiger partial charge in [0.05, 0.1) is 6.61 Å². The zero-order chi connectivity index (χ0) is 13.4. The number of amidine groups is 1. The Balaban J connectivity index is 2.47. The zero-order valence-electron chi connectivity index (χ0n) is 9.67. The van der Waals surface area contributed by atoms with Gasteiger partial charge in [0.1, 0.15) is 6.61 Å². The monoisotopic (exact) mass is 253 g/mol. The summed E-state index contributed by atoms with van der Waals surface area (Å²) in [5, 5.41) is 22.2. The van der Waals surface area contributed by atoms with Gasteiger partial charge in [-0.25, -0.2) is 4.79 Å². The van der Waals surface area contributed by atoms with Crippen LogP contribution in [0.1, 0.15) is 11.1 Å². The summed E-state index contributed by atoms with van der Waals surface area (Å²) in [6.45, 7) is 0.124. The van der Waals surface area contributed by atoms with Crippen LogP contribution in [-0.4, -0.2) is 35.4 Å². The molecule has 0 aliphatic carbocycles. The molecule has 0 saturated carbocycles. The molecule has 0 aliphatic heterocycles. The van der Waals surface area contributed by atoms with Crippen LogP contribution in [0.15, 0.2) is 29.4 Å². The lowest BCUT2D eigenvalue weighted by Crippen LogP contribution is -2.26. The van der Waals surface area contributed by atoms with Crippen molar-refractivity contribution < 1.29 is 19.8 Å². The third-order valence-electron chi connectivity index (χ3n) is 2.11. The average molecular weight is 253 g/mol. The number of amides is 1. The highest BCUT2D eigenvalue weighted by molar-refractivity contribution is 5.96. The zero-order valence-corrected chi connectivity index (χ0v) is 9.67. The van der Waals surface area contributed by atoms with Crippen LogP contribution in [0.5, 0.6) is 0 Å². The van der Waals surface area contributed by atoms with Crippen LogP contribution < -0.4 is 11.1 Å². The van der Waals surface area contributed by atoms with Gasteiger partial charge in [-0.1, -0.05) is 29.4 Å². The molecule has 0 unspecified atom stereocenters. The van der Waals surface area contributed by atoms with E-state index in [1.807, 2.05) is 0 Å². The number of benzene rings is 1. The first-order valence-corrected chi connectivity index (χ1v) is 5.25. The van der Waals surface area contributed by atoms with Crippen molar-refractivity contribution in [2.75, 3.05) is 13.2 Å². The first-order chi connectivity index (χ1) is 8.67. The summed E-state index contributed by atoms with van der Waals surface area (Å²) in [5.74, 6) is 0.0168. The van der Waals surface area contributed by atoms with Gasteiger partial charge in [0.25, 0.3) is 0 Å². The first kappa shape index (κ1) is 13.8. The lowest BCUT2D eigenvalue weighted by molar-refractivity contribution is 0.137. The lowest BCUT2D eigenvalue weighted by Gasteiger charge is -2.06. The standard InChI is InChI=1S/C11H15N3O4/c12-10(14-17)9-3-1-8(2-4-9)7-18-11(16)13-5-6-15/h1-4,15,17H,5-7H2,(H2,12,14)(H,13,16). The van der Waals surface area contributed by atoms with Gasteiger partial charge in [0, 0.05) is 12.1 Å². The molecule has 0 atom stereocenters. The Morgan fingerprint density at radius 1 is 1.39 bits per heavy atom.